The van der Waals surface area contributed by atoms with Crippen LogP contribution in [0.25, 0.3) is 0 Å². The maximum atomic E-state index is 13.3. The van der Waals surface area contributed by atoms with Gasteiger partial charge in [0.25, 0.3) is 5.91 Å². The first-order valence-electron chi connectivity index (χ1n) is 10.8. The number of aryl methyl sites for hydroxylation is 1. The zero-order chi connectivity index (χ0) is 22.2. The molecule has 6 nitrogen and oxygen atoms in total. The number of phenolic OH excluding ortho intramolecular Hbond substituents is 1. The molecule has 2 aliphatic heterocycles. The summed E-state index contributed by atoms with van der Waals surface area (Å²) in [5, 5.41) is 8.97. The first-order valence-corrected chi connectivity index (χ1v) is 12.3. The average Bonchev–Trinajstić information content (AvgIpc) is 3.17. The summed E-state index contributed by atoms with van der Waals surface area (Å²) >= 11 is 0. The van der Waals surface area contributed by atoms with Crippen LogP contribution in [0.15, 0.2) is 54.6 Å². The normalized spacial score (nSPS) is 28.0. The number of likely N-dealkylation sites (tertiary alicyclic amines) is 1. The fraction of sp³-hybridized carbons (Fsp3) is 0.458. The lowest BCUT2D eigenvalue weighted by Gasteiger charge is -2.47. The fourth-order valence-electron chi connectivity index (χ4n) is 4.75. The Bertz CT molecular complexity index is 977. The molecule has 2 aliphatic rings. The Balaban J connectivity index is 1.51. The van der Waals surface area contributed by atoms with E-state index in [-0.39, 0.29) is 17.7 Å². The largest absolute Gasteiger partial charge is 0.614 e. The van der Waals surface area contributed by atoms with Gasteiger partial charge in [-0.3, -0.25) is 9.69 Å². The van der Waals surface area contributed by atoms with Gasteiger partial charge >= 0.3 is 0 Å². The number of phenols is 1. The third kappa shape index (κ3) is 4.14. The number of aromatic hydroxyl groups is 1. The van der Waals surface area contributed by atoms with Gasteiger partial charge in [0.2, 0.25) is 4.75 Å². The maximum Gasteiger partial charge on any atom is 0.278 e. The molecule has 2 fully saturated rings. The molecular weight excluding hydrogens is 412 g/mol. The highest BCUT2D eigenvalue weighted by Gasteiger charge is 2.63. The Kier molecular flexibility index (Phi) is 5.94. The van der Waals surface area contributed by atoms with Gasteiger partial charge < -0.3 is 14.6 Å². The Labute approximate surface area is 185 Å². The summed E-state index contributed by atoms with van der Waals surface area (Å²) in [4.78, 5) is 17.2. The van der Waals surface area contributed by atoms with Gasteiger partial charge in [-0.05, 0) is 56.5 Å². The average molecular weight is 443 g/mol. The van der Waals surface area contributed by atoms with Crippen molar-refractivity contribution in [1.29, 1.82) is 0 Å². The lowest BCUT2D eigenvalue weighted by molar-refractivity contribution is -0.137. The van der Waals surface area contributed by atoms with Crippen molar-refractivity contribution in [3.63, 3.8) is 0 Å². The number of rotatable bonds is 6. The number of nitrogens with zero attached hydrogens (tertiary/aromatic N) is 2. The molecule has 2 heterocycles. The van der Waals surface area contributed by atoms with Crippen molar-refractivity contribution in [2.24, 2.45) is 0 Å². The Morgan fingerprint density at radius 2 is 1.74 bits per heavy atom. The van der Waals surface area contributed by atoms with E-state index in [1.54, 1.807) is 29.2 Å². The number of carbonyl (C=O) groups excluding carboxylic acids is 1. The number of benzene rings is 2. The minimum atomic E-state index is -3.60. The van der Waals surface area contributed by atoms with Gasteiger partial charge in [0.1, 0.15) is 5.75 Å². The maximum absolute atomic E-state index is 13.3. The van der Waals surface area contributed by atoms with Crippen LogP contribution in [0.4, 0.5) is 0 Å². The zero-order valence-corrected chi connectivity index (χ0v) is 18.9. The van der Waals surface area contributed by atoms with Crippen LogP contribution < -0.4 is 0 Å². The van der Waals surface area contributed by atoms with E-state index in [1.807, 2.05) is 18.2 Å². The third-order valence-electron chi connectivity index (χ3n) is 6.67. The van der Waals surface area contributed by atoms with Crippen molar-refractivity contribution in [3.05, 3.63) is 65.7 Å². The highest BCUT2D eigenvalue weighted by atomic mass is 32.3. The Morgan fingerprint density at radius 3 is 2.42 bits per heavy atom. The summed E-state index contributed by atoms with van der Waals surface area (Å²) in [6.07, 6.45) is 1.89. The van der Waals surface area contributed by atoms with Gasteiger partial charge in [0, 0.05) is 19.6 Å². The Morgan fingerprint density at radius 1 is 1.06 bits per heavy atom. The van der Waals surface area contributed by atoms with Gasteiger partial charge in [-0.25, -0.2) is 0 Å². The minimum absolute atomic E-state index is 0.167. The lowest BCUT2D eigenvalue weighted by Crippen LogP contribution is -2.67. The van der Waals surface area contributed by atoms with Gasteiger partial charge in [0.05, 0.1) is 16.3 Å². The molecule has 1 N–H and O–H groups in total. The van der Waals surface area contributed by atoms with E-state index in [2.05, 4.69) is 17.0 Å². The van der Waals surface area contributed by atoms with Crippen LogP contribution in [0.2, 0.25) is 0 Å². The second-order valence-electron chi connectivity index (χ2n) is 9.11. The summed E-state index contributed by atoms with van der Waals surface area (Å²) in [5.74, 6) is -0.173. The van der Waals surface area contributed by atoms with Crippen LogP contribution in [0.3, 0.4) is 0 Å². The van der Waals surface area contributed by atoms with Crippen molar-refractivity contribution in [1.82, 2.24) is 9.80 Å². The second kappa shape index (κ2) is 8.37. The molecule has 0 spiro atoms. The van der Waals surface area contributed by atoms with E-state index in [9.17, 15) is 18.7 Å². The van der Waals surface area contributed by atoms with Gasteiger partial charge in [0.15, 0.2) is 5.25 Å². The van der Waals surface area contributed by atoms with E-state index < -0.39 is 20.2 Å². The first-order chi connectivity index (χ1) is 14.7. The topological polar surface area (TPSA) is 83.9 Å². The van der Waals surface area contributed by atoms with Crippen molar-refractivity contribution in [2.75, 3.05) is 19.6 Å². The first kappa shape index (κ1) is 22.0. The predicted octanol–water partition coefficient (Wildman–Crippen LogP) is 2.83. The molecule has 0 aromatic heterocycles. The van der Waals surface area contributed by atoms with Crippen LogP contribution in [-0.4, -0.2) is 61.0 Å². The van der Waals surface area contributed by atoms with Crippen molar-refractivity contribution < 1.29 is 18.7 Å². The second-order valence-corrected chi connectivity index (χ2v) is 11.8. The van der Waals surface area contributed by atoms with Gasteiger partial charge in [-0.1, -0.05) is 42.5 Å². The van der Waals surface area contributed by atoms with Gasteiger partial charge in [-0.2, -0.15) is 0 Å². The Hall–Kier alpha value is -2.22. The zero-order valence-electron chi connectivity index (χ0n) is 18.1. The molecule has 166 valence electrons. The summed E-state index contributed by atoms with van der Waals surface area (Å²) in [6, 6.07) is 16.7. The summed E-state index contributed by atoms with van der Waals surface area (Å²) in [5.41, 5.74) is 2.15. The van der Waals surface area contributed by atoms with Crippen LogP contribution in [0.5, 0.6) is 5.75 Å². The SMILES string of the molecule is CC1(C)C(=O)N(Cc2ccc(O)cc2)[C@H]2CN(CCCc3ccccc3)C[C@H]2[S+]1(=O)[O-]. The summed E-state index contributed by atoms with van der Waals surface area (Å²) in [7, 11) is -3.60. The molecular formula is C24H30N2O4S. The smallest absolute Gasteiger partial charge is 0.278 e. The van der Waals surface area contributed by atoms with Crippen LogP contribution in [0.1, 0.15) is 31.4 Å². The molecule has 0 aliphatic carbocycles. The molecule has 0 saturated carbocycles. The van der Waals surface area contributed by atoms with E-state index >= 15 is 0 Å². The highest BCUT2D eigenvalue weighted by Crippen LogP contribution is 2.41. The van der Waals surface area contributed by atoms with E-state index in [4.69, 9.17) is 0 Å². The lowest BCUT2D eigenvalue weighted by atomic mass is 10.1. The van der Waals surface area contributed by atoms with Crippen molar-refractivity contribution in [2.45, 2.75) is 49.3 Å². The van der Waals surface area contributed by atoms with E-state index in [0.29, 0.717) is 19.6 Å². The van der Waals surface area contributed by atoms with Crippen molar-refractivity contribution in [3.8, 4) is 5.75 Å². The molecule has 3 atom stereocenters. The number of fused-ring (bicyclic) bond motifs is 1. The van der Waals surface area contributed by atoms with Crippen LogP contribution in [-0.2, 0) is 32.2 Å². The van der Waals surface area contributed by atoms with Crippen LogP contribution >= 0.6 is 0 Å². The highest BCUT2D eigenvalue weighted by molar-refractivity contribution is 8.00. The standard InChI is InChI=1S/C24H30N2O4S/c1-24(2)23(28)26(15-19-10-12-20(27)13-11-19)21-16-25(17-22(21)31(24,29)30)14-6-9-18-7-4-3-5-8-18/h3-5,7-8,10-13,21-22H,6,9,14-17H2,1-2H3,(H-,27,29,30)/t21-,22+/m0/s1. The molecule has 2 saturated heterocycles. The van der Waals surface area contributed by atoms with Crippen LogP contribution in [0, 0.1) is 0 Å². The number of hydrogen-bond donors (Lipinski definition) is 1. The molecule has 7 heteroatoms. The number of carbonyl (C=O) groups is 1. The molecule has 1 amide bonds. The molecule has 1 unspecified atom stereocenters. The van der Waals surface area contributed by atoms with E-state index in [0.717, 1.165) is 24.9 Å². The summed E-state index contributed by atoms with van der Waals surface area (Å²) in [6.45, 7) is 5.24. The number of amides is 1. The minimum Gasteiger partial charge on any atom is -0.614 e. The molecule has 31 heavy (non-hydrogen) atoms. The number of sulfone groups is 1. The van der Waals surface area contributed by atoms with Gasteiger partial charge in [-0.15, -0.1) is 4.21 Å². The quantitative estimate of drug-likeness (QED) is 0.696. The van der Waals surface area contributed by atoms with E-state index in [1.165, 1.54) is 19.4 Å². The molecule has 2 aromatic carbocycles. The monoisotopic (exact) mass is 442 g/mol. The molecule has 4 rings (SSSR count). The van der Waals surface area contributed by atoms with Crippen molar-refractivity contribution >= 4 is 16.1 Å². The summed E-state index contributed by atoms with van der Waals surface area (Å²) < 4.78 is 25.2. The molecule has 0 bridgehead atoms. The fourth-order valence-corrected chi connectivity index (χ4v) is 6.93. The third-order valence-corrected chi connectivity index (χ3v) is 9.53. The molecule has 2 aromatic rings. The predicted molar refractivity (Wildman–Crippen MR) is 120 cm³/mol. The molecule has 0 radical (unpaired) electrons. The number of hydrogen-bond acceptors (Lipinski definition) is 5.